The predicted octanol–water partition coefficient (Wildman–Crippen LogP) is 3.54. The Hall–Kier alpha value is -1.86. The molecule has 2 unspecified atom stereocenters. The zero-order chi connectivity index (χ0) is 18.9. The molecular formula is C21H26N2O3S. The van der Waals surface area contributed by atoms with Gasteiger partial charge in [0.2, 0.25) is 0 Å². The van der Waals surface area contributed by atoms with Crippen LogP contribution in [0.2, 0.25) is 0 Å². The highest BCUT2D eigenvalue weighted by Gasteiger charge is 2.44. The fraction of sp³-hybridized carbons (Fsp3) is 0.381. The average molecular weight is 387 g/mol. The summed E-state index contributed by atoms with van der Waals surface area (Å²) in [7, 11) is -2.33. The van der Waals surface area contributed by atoms with Crippen LogP contribution in [0, 0.1) is 0 Å². The molecule has 2 aromatic carbocycles. The Bertz CT molecular complexity index is 785. The third-order valence-corrected chi connectivity index (χ3v) is 7.21. The normalized spacial score (nSPS) is 25.6. The van der Waals surface area contributed by atoms with Crippen molar-refractivity contribution < 1.29 is 13.9 Å². The van der Waals surface area contributed by atoms with E-state index in [1.54, 1.807) is 0 Å². The summed E-state index contributed by atoms with van der Waals surface area (Å²) in [5, 5.41) is 2.96. The number of benzene rings is 2. The van der Waals surface area contributed by atoms with E-state index < -0.39 is 10.6 Å². The molecule has 1 amide bonds. The van der Waals surface area contributed by atoms with Crippen LogP contribution in [0.4, 0.5) is 0 Å². The maximum atomic E-state index is 12.3. The standard InChI is InChI=1S/C21H26N2O3S/c24-21(22-15-16-4-2-1-3-5-16)18-8-6-17(7-9-18)19-14-20(19)23-10-12-27(25,26)13-11-23/h1-9,19-20,25-26H,10-15H2,(H,22,24). The highest BCUT2D eigenvalue weighted by atomic mass is 32.3. The van der Waals surface area contributed by atoms with Crippen LogP contribution in [0.1, 0.15) is 33.8 Å². The maximum Gasteiger partial charge on any atom is 0.251 e. The van der Waals surface area contributed by atoms with E-state index in [-0.39, 0.29) is 5.91 Å². The van der Waals surface area contributed by atoms with Gasteiger partial charge in [0.1, 0.15) is 0 Å². The minimum absolute atomic E-state index is 0.0565. The van der Waals surface area contributed by atoms with E-state index in [4.69, 9.17) is 0 Å². The molecule has 5 nitrogen and oxygen atoms in total. The Morgan fingerprint density at radius 3 is 2.37 bits per heavy atom. The molecule has 144 valence electrons. The van der Waals surface area contributed by atoms with Crippen molar-refractivity contribution in [3.8, 4) is 0 Å². The van der Waals surface area contributed by atoms with Crippen molar-refractivity contribution in [2.45, 2.75) is 24.9 Å². The summed E-state index contributed by atoms with van der Waals surface area (Å²) in [5.74, 6) is 1.43. The van der Waals surface area contributed by atoms with Crippen molar-refractivity contribution in [2.75, 3.05) is 24.6 Å². The number of carbonyl (C=O) groups excluding carboxylic acids is 1. The highest BCUT2D eigenvalue weighted by Crippen LogP contribution is 2.48. The van der Waals surface area contributed by atoms with Crippen LogP contribution in [0.3, 0.4) is 0 Å². The number of nitrogens with one attached hydrogen (secondary N) is 1. The van der Waals surface area contributed by atoms with Crippen molar-refractivity contribution >= 4 is 16.5 Å². The van der Waals surface area contributed by atoms with E-state index in [0.717, 1.165) is 25.1 Å². The SMILES string of the molecule is O=C(NCc1ccccc1)c1ccc(C2CC2N2CCS(O)(O)CC2)cc1. The van der Waals surface area contributed by atoms with Crippen molar-refractivity contribution in [2.24, 2.45) is 0 Å². The van der Waals surface area contributed by atoms with Crippen molar-refractivity contribution in [3.05, 3.63) is 71.3 Å². The molecule has 0 radical (unpaired) electrons. The molecule has 3 N–H and O–H groups in total. The zero-order valence-electron chi connectivity index (χ0n) is 15.3. The molecule has 2 atom stereocenters. The van der Waals surface area contributed by atoms with Gasteiger partial charge in [-0.25, -0.2) is 0 Å². The smallest absolute Gasteiger partial charge is 0.251 e. The van der Waals surface area contributed by atoms with Crippen LogP contribution < -0.4 is 5.32 Å². The van der Waals surface area contributed by atoms with E-state index in [9.17, 15) is 13.9 Å². The van der Waals surface area contributed by atoms with E-state index >= 15 is 0 Å². The second-order valence-corrected chi connectivity index (χ2v) is 9.87. The average Bonchev–Trinajstić information content (AvgIpc) is 3.48. The second-order valence-electron chi connectivity index (χ2n) is 7.45. The minimum atomic E-state index is -2.33. The number of hydrogen-bond donors (Lipinski definition) is 3. The molecule has 0 aromatic heterocycles. The third-order valence-electron chi connectivity index (χ3n) is 5.53. The fourth-order valence-corrected chi connectivity index (χ4v) is 5.04. The molecule has 4 rings (SSSR count). The van der Waals surface area contributed by atoms with Gasteiger partial charge >= 0.3 is 0 Å². The molecule has 1 aliphatic carbocycles. The fourth-order valence-electron chi connectivity index (χ4n) is 3.78. The summed E-state index contributed by atoms with van der Waals surface area (Å²) in [5.41, 5.74) is 3.03. The highest BCUT2D eigenvalue weighted by molar-refractivity contribution is 8.24. The molecule has 27 heavy (non-hydrogen) atoms. The molecule has 2 fully saturated rings. The number of hydrogen-bond acceptors (Lipinski definition) is 4. The van der Waals surface area contributed by atoms with Crippen molar-refractivity contribution in [3.63, 3.8) is 0 Å². The lowest BCUT2D eigenvalue weighted by Crippen LogP contribution is -2.40. The minimum Gasteiger partial charge on any atom is -0.348 e. The van der Waals surface area contributed by atoms with E-state index in [2.05, 4.69) is 22.3 Å². The molecule has 2 aromatic rings. The quantitative estimate of drug-likeness (QED) is 0.735. The number of rotatable bonds is 5. The Kier molecular flexibility index (Phi) is 5.23. The molecule has 0 spiro atoms. The maximum absolute atomic E-state index is 12.3. The number of carbonyl (C=O) groups is 1. The molecule has 2 aliphatic rings. The van der Waals surface area contributed by atoms with Crippen LogP contribution in [-0.4, -0.2) is 50.5 Å². The summed E-state index contributed by atoms with van der Waals surface area (Å²) in [4.78, 5) is 14.7. The monoisotopic (exact) mass is 386 g/mol. The van der Waals surface area contributed by atoms with Crippen LogP contribution in [-0.2, 0) is 6.54 Å². The van der Waals surface area contributed by atoms with E-state index in [1.807, 2.05) is 42.5 Å². The molecule has 1 aliphatic heterocycles. The zero-order valence-corrected chi connectivity index (χ0v) is 16.1. The molecule has 0 bridgehead atoms. The number of nitrogens with zero attached hydrogens (tertiary/aromatic N) is 1. The lowest BCUT2D eigenvalue weighted by Gasteiger charge is -2.41. The van der Waals surface area contributed by atoms with E-state index in [1.165, 1.54) is 5.56 Å². The van der Waals surface area contributed by atoms with Crippen LogP contribution in [0.25, 0.3) is 0 Å². The summed E-state index contributed by atoms with van der Waals surface area (Å²) in [6.07, 6.45) is 1.11. The lowest BCUT2D eigenvalue weighted by molar-refractivity contribution is 0.0951. The third kappa shape index (κ3) is 4.52. The Morgan fingerprint density at radius 2 is 1.70 bits per heavy atom. The van der Waals surface area contributed by atoms with Gasteiger partial charge in [-0.1, -0.05) is 42.5 Å². The first kappa shape index (κ1) is 18.5. The molecule has 1 heterocycles. The summed E-state index contributed by atoms with van der Waals surface area (Å²) >= 11 is 0. The first-order valence-corrected chi connectivity index (χ1v) is 11.3. The van der Waals surface area contributed by atoms with Gasteiger partial charge in [-0.05, 0) is 29.7 Å². The molecular weight excluding hydrogens is 360 g/mol. The Morgan fingerprint density at radius 1 is 1.04 bits per heavy atom. The summed E-state index contributed by atoms with van der Waals surface area (Å²) in [6.45, 7) is 2.06. The molecule has 6 heteroatoms. The van der Waals surface area contributed by atoms with Crippen molar-refractivity contribution in [1.29, 1.82) is 0 Å². The van der Waals surface area contributed by atoms with Gasteiger partial charge < -0.3 is 5.32 Å². The van der Waals surface area contributed by atoms with Crippen LogP contribution in [0.5, 0.6) is 0 Å². The van der Waals surface area contributed by atoms with Gasteiger partial charge in [0.05, 0.1) is 11.5 Å². The van der Waals surface area contributed by atoms with Gasteiger partial charge in [0.25, 0.3) is 5.91 Å². The Labute approximate surface area is 161 Å². The van der Waals surface area contributed by atoms with Gasteiger partial charge in [0.15, 0.2) is 0 Å². The van der Waals surface area contributed by atoms with Gasteiger partial charge in [-0.15, -0.1) is 0 Å². The van der Waals surface area contributed by atoms with Gasteiger partial charge in [-0.3, -0.25) is 18.8 Å². The first-order chi connectivity index (χ1) is 13.0. The van der Waals surface area contributed by atoms with Crippen LogP contribution >= 0.6 is 10.6 Å². The summed E-state index contributed by atoms with van der Waals surface area (Å²) < 4.78 is 19.5. The van der Waals surface area contributed by atoms with Gasteiger partial charge in [0, 0.05) is 37.2 Å². The lowest BCUT2D eigenvalue weighted by atomic mass is 10.1. The van der Waals surface area contributed by atoms with Crippen molar-refractivity contribution in [1.82, 2.24) is 10.2 Å². The predicted molar refractivity (Wildman–Crippen MR) is 109 cm³/mol. The van der Waals surface area contributed by atoms with E-state index in [0.29, 0.717) is 35.6 Å². The molecule has 1 saturated heterocycles. The van der Waals surface area contributed by atoms with Gasteiger partial charge in [-0.2, -0.15) is 10.6 Å². The second kappa shape index (κ2) is 7.64. The first-order valence-electron chi connectivity index (χ1n) is 9.41. The topological polar surface area (TPSA) is 72.8 Å². The Balaban J connectivity index is 1.30. The van der Waals surface area contributed by atoms with Crippen LogP contribution in [0.15, 0.2) is 54.6 Å². The number of amides is 1. The molecule has 1 saturated carbocycles. The summed E-state index contributed by atoms with van der Waals surface area (Å²) in [6, 6.07) is 18.3. The largest absolute Gasteiger partial charge is 0.348 e.